The Balaban J connectivity index is 1.21. The lowest BCUT2D eigenvalue weighted by Gasteiger charge is -2.46. The minimum absolute atomic E-state index is 0.000931. The molecule has 2 aliphatic carbocycles. The van der Waals surface area contributed by atoms with Crippen LogP contribution in [-0.4, -0.2) is 72.7 Å². The van der Waals surface area contributed by atoms with Crippen LogP contribution in [0.2, 0.25) is 0 Å². The number of rotatable bonds is 8. The van der Waals surface area contributed by atoms with Crippen LogP contribution in [0.25, 0.3) is 0 Å². The lowest BCUT2D eigenvalue weighted by molar-refractivity contribution is -0.128. The van der Waals surface area contributed by atoms with Crippen molar-refractivity contribution in [3.05, 3.63) is 0 Å². The van der Waals surface area contributed by atoms with Gasteiger partial charge in [-0.3, -0.25) is 14.5 Å². The van der Waals surface area contributed by atoms with E-state index in [-0.39, 0.29) is 45.9 Å². The van der Waals surface area contributed by atoms with Crippen molar-refractivity contribution < 1.29 is 14.3 Å². The molecule has 3 unspecified atom stereocenters. The van der Waals surface area contributed by atoms with E-state index in [2.05, 4.69) is 62.4 Å². The molecule has 2 saturated heterocycles. The number of carbonyl (C=O) groups excluding carboxylic acids is 2. The molecule has 2 amide bonds. The maximum atomic E-state index is 12.8. The molecule has 2 heterocycles. The maximum Gasteiger partial charge on any atom is 0.234 e. The molecule has 0 bridgehead atoms. The van der Waals surface area contributed by atoms with Crippen molar-refractivity contribution in [2.75, 3.05) is 32.8 Å². The molecule has 4 fully saturated rings. The van der Waals surface area contributed by atoms with Gasteiger partial charge in [0.2, 0.25) is 11.8 Å². The fourth-order valence-electron chi connectivity index (χ4n) is 5.76. The summed E-state index contributed by atoms with van der Waals surface area (Å²) in [5.41, 5.74) is 0.183. The zero-order valence-electron chi connectivity index (χ0n) is 21.7. The molecule has 0 radical (unpaired) electrons. The molecule has 2 aliphatic heterocycles. The number of hydrogen-bond donors (Lipinski definition) is 3. The normalized spacial score (nSPS) is 30.8. The third-order valence-corrected chi connectivity index (χ3v) is 8.94. The van der Waals surface area contributed by atoms with E-state index >= 15 is 0 Å². The molecule has 4 aliphatic rings. The molecule has 7 heteroatoms. The second-order valence-electron chi connectivity index (χ2n) is 13.1. The SMILES string of the molecule is CC(C)(C)C1(NC(=O)CCC2CNC2C2CN(CC(=O)NC3(C(C)(C)C)CC3)CCO2)CC1. The molecule has 33 heavy (non-hydrogen) atoms. The predicted octanol–water partition coefficient (Wildman–Crippen LogP) is 2.45. The van der Waals surface area contributed by atoms with E-state index in [9.17, 15) is 9.59 Å². The highest BCUT2D eigenvalue weighted by molar-refractivity contribution is 5.79. The number of nitrogens with zero attached hydrogens (tertiary/aromatic N) is 1. The number of morpholine rings is 1. The van der Waals surface area contributed by atoms with Gasteiger partial charge in [-0.2, -0.15) is 0 Å². The summed E-state index contributed by atoms with van der Waals surface area (Å²) in [6.45, 7) is 16.9. The van der Waals surface area contributed by atoms with Crippen LogP contribution in [0.5, 0.6) is 0 Å². The second kappa shape index (κ2) is 8.80. The maximum absolute atomic E-state index is 12.8. The molecule has 0 aromatic heterocycles. The Kier molecular flexibility index (Phi) is 6.64. The third kappa shape index (κ3) is 5.40. The Morgan fingerprint density at radius 2 is 1.55 bits per heavy atom. The first-order valence-corrected chi connectivity index (χ1v) is 13.0. The van der Waals surface area contributed by atoms with Gasteiger partial charge in [-0.1, -0.05) is 41.5 Å². The number of carbonyl (C=O) groups is 2. The summed E-state index contributed by atoms with van der Waals surface area (Å²) in [5.74, 6) is 0.768. The van der Waals surface area contributed by atoms with Gasteiger partial charge in [-0.05, 0) is 55.4 Å². The lowest BCUT2D eigenvalue weighted by atomic mass is 9.82. The minimum atomic E-state index is -0.0248. The zero-order valence-corrected chi connectivity index (χ0v) is 21.7. The Hall–Kier alpha value is -1.18. The lowest BCUT2D eigenvalue weighted by Crippen LogP contribution is -2.64. The van der Waals surface area contributed by atoms with Gasteiger partial charge in [-0.25, -0.2) is 0 Å². The first kappa shape index (κ1) is 24.9. The van der Waals surface area contributed by atoms with Crippen LogP contribution in [0.1, 0.15) is 80.1 Å². The number of nitrogens with one attached hydrogen (secondary N) is 3. The van der Waals surface area contributed by atoms with E-state index in [0.717, 1.165) is 51.7 Å². The van der Waals surface area contributed by atoms with Crippen molar-refractivity contribution in [2.45, 2.75) is 103 Å². The summed E-state index contributed by atoms with van der Waals surface area (Å²) < 4.78 is 6.10. The molecule has 188 valence electrons. The van der Waals surface area contributed by atoms with Crippen LogP contribution in [0.15, 0.2) is 0 Å². The monoisotopic (exact) mass is 462 g/mol. The topological polar surface area (TPSA) is 82.7 Å². The van der Waals surface area contributed by atoms with Crippen LogP contribution in [-0.2, 0) is 14.3 Å². The largest absolute Gasteiger partial charge is 0.374 e. The molecule has 3 N–H and O–H groups in total. The molecule has 0 spiro atoms. The highest BCUT2D eigenvalue weighted by Crippen LogP contribution is 2.50. The van der Waals surface area contributed by atoms with Gasteiger partial charge < -0.3 is 20.7 Å². The summed E-state index contributed by atoms with van der Waals surface area (Å²) in [7, 11) is 0. The summed E-state index contributed by atoms with van der Waals surface area (Å²) >= 11 is 0. The molecule has 4 rings (SSSR count). The van der Waals surface area contributed by atoms with E-state index in [1.165, 1.54) is 0 Å². The Morgan fingerprint density at radius 1 is 0.970 bits per heavy atom. The van der Waals surface area contributed by atoms with Crippen LogP contribution in [0, 0.1) is 16.7 Å². The van der Waals surface area contributed by atoms with Gasteiger partial charge >= 0.3 is 0 Å². The number of ether oxygens (including phenoxy) is 1. The highest BCUT2D eigenvalue weighted by atomic mass is 16.5. The average molecular weight is 463 g/mol. The molecular weight excluding hydrogens is 416 g/mol. The van der Waals surface area contributed by atoms with E-state index in [1.807, 2.05) is 0 Å². The smallest absolute Gasteiger partial charge is 0.234 e. The molecule has 0 aromatic rings. The first-order chi connectivity index (χ1) is 15.3. The zero-order chi connectivity index (χ0) is 24.1. The van der Waals surface area contributed by atoms with Crippen LogP contribution in [0.3, 0.4) is 0 Å². The summed E-state index contributed by atoms with van der Waals surface area (Å²) in [6, 6.07) is 0.269. The summed E-state index contributed by atoms with van der Waals surface area (Å²) in [6.07, 6.45) is 5.87. The quantitative estimate of drug-likeness (QED) is 0.516. The van der Waals surface area contributed by atoms with Crippen LogP contribution in [0.4, 0.5) is 0 Å². The fourth-order valence-corrected chi connectivity index (χ4v) is 5.76. The van der Waals surface area contributed by atoms with E-state index in [4.69, 9.17) is 4.74 Å². The predicted molar refractivity (Wildman–Crippen MR) is 130 cm³/mol. The highest BCUT2D eigenvalue weighted by Gasteiger charge is 2.54. The Bertz CT molecular complexity index is 746. The molecule has 7 nitrogen and oxygen atoms in total. The van der Waals surface area contributed by atoms with Crippen molar-refractivity contribution in [3.63, 3.8) is 0 Å². The fraction of sp³-hybridized carbons (Fsp3) is 0.923. The Morgan fingerprint density at radius 3 is 2.03 bits per heavy atom. The van der Waals surface area contributed by atoms with Crippen molar-refractivity contribution in [1.29, 1.82) is 0 Å². The van der Waals surface area contributed by atoms with E-state index < -0.39 is 0 Å². The number of hydrogen-bond acceptors (Lipinski definition) is 5. The second-order valence-corrected chi connectivity index (χ2v) is 13.1. The summed E-state index contributed by atoms with van der Waals surface area (Å²) in [5, 5.41) is 10.2. The minimum Gasteiger partial charge on any atom is -0.374 e. The van der Waals surface area contributed by atoms with E-state index in [0.29, 0.717) is 25.5 Å². The van der Waals surface area contributed by atoms with Crippen molar-refractivity contribution in [1.82, 2.24) is 20.9 Å². The average Bonchev–Trinajstić information content (AvgIpc) is 3.56. The van der Waals surface area contributed by atoms with Gasteiger partial charge in [0.1, 0.15) is 0 Å². The van der Waals surface area contributed by atoms with Crippen LogP contribution >= 0.6 is 0 Å². The van der Waals surface area contributed by atoms with Gasteiger partial charge in [0, 0.05) is 36.6 Å². The molecule has 0 aromatic carbocycles. The molecule has 2 saturated carbocycles. The Labute approximate surface area is 200 Å². The van der Waals surface area contributed by atoms with Gasteiger partial charge in [0.25, 0.3) is 0 Å². The molecular formula is C26H46N4O3. The van der Waals surface area contributed by atoms with Gasteiger partial charge in [-0.15, -0.1) is 0 Å². The van der Waals surface area contributed by atoms with E-state index in [1.54, 1.807) is 0 Å². The van der Waals surface area contributed by atoms with Gasteiger partial charge in [0.05, 0.1) is 19.3 Å². The standard InChI is InChI=1S/C26H46N4O3/c1-23(2,3)25(9-10-25)28-20(31)8-7-18-15-27-22(18)19-16-30(13-14-33-19)17-21(32)29-26(11-12-26)24(4,5)6/h18-19,22,27H,7-17H2,1-6H3,(H,28,31)(H,29,32). The molecule has 3 atom stereocenters. The summed E-state index contributed by atoms with van der Waals surface area (Å²) in [4.78, 5) is 27.6. The third-order valence-electron chi connectivity index (χ3n) is 8.94. The van der Waals surface area contributed by atoms with Crippen LogP contribution < -0.4 is 16.0 Å². The van der Waals surface area contributed by atoms with Crippen molar-refractivity contribution >= 4 is 11.8 Å². The van der Waals surface area contributed by atoms with Gasteiger partial charge in [0.15, 0.2) is 0 Å². The van der Waals surface area contributed by atoms with Crippen molar-refractivity contribution in [2.24, 2.45) is 16.7 Å². The number of amides is 2. The first-order valence-electron chi connectivity index (χ1n) is 13.0. The van der Waals surface area contributed by atoms with Crippen molar-refractivity contribution in [3.8, 4) is 0 Å².